The quantitative estimate of drug-likeness (QED) is 0.635. The Kier molecular flexibility index (Phi) is 3.20. The molecule has 1 aliphatic rings. The van der Waals surface area contributed by atoms with Gasteiger partial charge in [0.2, 0.25) is 0 Å². The van der Waals surface area contributed by atoms with Gasteiger partial charge in [-0.3, -0.25) is 0 Å². The lowest BCUT2D eigenvalue weighted by Crippen LogP contribution is -2.15. The maximum absolute atomic E-state index is 11.9. The number of anilines is 2. The zero-order valence-corrected chi connectivity index (χ0v) is 11.1. The molecule has 0 amide bonds. The van der Waals surface area contributed by atoms with Crippen LogP contribution in [0.3, 0.4) is 0 Å². The van der Waals surface area contributed by atoms with E-state index in [1.54, 1.807) is 25.1 Å². The number of rotatable bonds is 4. The second kappa shape index (κ2) is 4.52. The molecule has 1 unspecified atom stereocenters. The molecule has 1 saturated carbocycles. The molecule has 98 valence electrons. The number of nitrogens with two attached hydrogens (primary N) is 1. The molecule has 0 radical (unpaired) electrons. The number of hydrogen-bond donors (Lipinski definition) is 2. The van der Waals surface area contributed by atoms with Crippen LogP contribution in [0.4, 0.5) is 11.4 Å². The third kappa shape index (κ3) is 2.42. The van der Waals surface area contributed by atoms with Gasteiger partial charge in [0, 0.05) is 6.04 Å². The zero-order valence-electron chi connectivity index (χ0n) is 11.1. The first-order valence-electron chi connectivity index (χ1n) is 6.28. The molecule has 0 bridgehead atoms. The average Bonchev–Trinajstić information content (AvgIpc) is 2.89. The van der Waals surface area contributed by atoms with Crippen LogP contribution in [0.15, 0.2) is 18.2 Å². The van der Waals surface area contributed by atoms with Crippen molar-refractivity contribution in [3.05, 3.63) is 23.8 Å². The van der Waals surface area contributed by atoms with Gasteiger partial charge in [-0.05, 0) is 30.9 Å². The van der Waals surface area contributed by atoms with Crippen molar-refractivity contribution < 1.29 is 9.53 Å². The summed E-state index contributed by atoms with van der Waals surface area (Å²) in [4.78, 5) is 11.9. The van der Waals surface area contributed by atoms with Crippen LogP contribution in [0.1, 0.15) is 37.6 Å². The highest BCUT2D eigenvalue weighted by Crippen LogP contribution is 2.47. The first-order chi connectivity index (χ1) is 8.45. The number of benzene rings is 1. The standard InChI is InChI=1S/C14H20N2O2/c1-4-18-13(17)9-6-5-7-10(15)12(9)16-11-8-14(11,2)3/h5-7,11,16H,4,8,15H2,1-3H3. The molecule has 2 rings (SSSR count). The lowest BCUT2D eigenvalue weighted by Gasteiger charge is -2.14. The molecule has 1 atom stereocenters. The summed E-state index contributed by atoms with van der Waals surface area (Å²) in [6.07, 6.45) is 1.09. The fourth-order valence-electron chi connectivity index (χ4n) is 2.00. The Morgan fingerprint density at radius 1 is 1.56 bits per heavy atom. The number of carbonyl (C=O) groups is 1. The maximum atomic E-state index is 11.9. The van der Waals surface area contributed by atoms with Gasteiger partial charge in [0.1, 0.15) is 0 Å². The molecule has 1 aromatic carbocycles. The Hall–Kier alpha value is -1.71. The monoisotopic (exact) mass is 248 g/mol. The Bertz CT molecular complexity index is 469. The first-order valence-corrected chi connectivity index (χ1v) is 6.28. The maximum Gasteiger partial charge on any atom is 0.340 e. The molecule has 0 spiro atoms. The van der Waals surface area contributed by atoms with Crippen LogP contribution in [-0.4, -0.2) is 18.6 Å². The van der Waals surface area contributed by atoms with Crippen LogP contribution in [0, 0.1) is 5.41 Å². The number of carbonyl (C=O) groups excluding carboxylic acids is 1. The summed E-state index contributed by atoms with van der Waals surface area (Å²) in [5.41, 5.74) is 8.02. The second-order valence-corrected chi connectivity index (χ2v) is 5.38. The van der Waals surface area contributed by atoms with Crippen LogP contribution in [0.2, 0.25) is 0 Å². The van der Waals surface area contributed by atoms with Gasteiger partial charge in [-0.2, -0.15) is 0 Å². The van der Waals surface area contributed by atoms with Gasteiger partial charge in [-0.25, -0.2) is 4.79 Å². The molecule has 1 aromatic rings. The fraction of sp³-hybridized carbons (Fsp3) is 0.500. The lowest BCUT2D eigenvalue weighted by molar-refractivity contribution is 0.0527. The van der Waals surface area contributed by atoms with Crippen molar-refractivity contribution >= 4 is 17.3 Å². The van der Waals surface area contributed by atoms with E-state index in [4.69, 9.17) is 10.5 Å². The summed E-state index contributed by atoms with van der Waals surface area (Å²) in [7, 11) is 0. The fourth-order valence-corrected chi connectivity index (χ4v) is 2.00. The summed E-state index contributed by atoms with van der Waals surface area (Å²) in [5.74, 6) is -0.328. The minimum Gasteiger partial charge on any atom is -0.462 e. The molecule has 0 saturated heterocycles. The number of hydrogen-bond acceptors (Lipinski definition) is 4. The van der Waals surface area contributed by atoms with Gasteiger partial charge in [0.05, 0.1) is 23.5 Å². The number of ether oxygens (including phenoxy) is 1. The topological polar surface area (TPSA) is 64.3 Å². The summed E-state index contributed by atoms with van der Waals surface area (Å²) >= 11 is 0. The minimum atomic E-state index is -0.328. The van der Waals surface area contributed by atoms with E-state index in [0.717, 1.165) is 6.42 Å². The SMILES string of the molecule is CCOC(=O)c1cccc(N)c1NC1CC1(C)C. The Morgan fingerprint density at radius 3 is 2.78 bits per heavy atom. The summed E-state index contributed by atoms with van der Waals surface area (Å²) < 4.78 is 5.04. The molecule has 4 nitrogen and oxygen atoms in total. The van der Waals surface area contributed by atoms with Crippen molar-refractivity contribution in [2.24, 2.45) is 5.41 Å². The number of nitrogen functional groups attached to an aromatic ring is 1. The molecule has 0 heterocycles. The Labute approximate surface area is 108 Å². The van der Waals surface area contributed by atoms with E-state index in [0.29, 0.717) is 29.6 Å². The molecule has 3 N–H and O–H groups in total. The highest BCUT2D eigenvalue weighted by atomic mass is 16.5. The predicted octanol–water partition coefficient (Wildman–Crippen LogP) is 2.66. The van der Waals surface area contributed by atoms with Crippen molar-refractivity contribution in [3.63, 3.8) is 0 Å². The summed E-state index contributed by atoms with van der Waals surface area (Å²) in [5, 5.41) is 3.36. The van der Waals surface area contributed by atoms with Gasteiger partial charge < -0.3 is 15.8 Å². The van der Waals surface area contributed by atoms with E-state index >= 15 is 0 Å². The summed E-state index contributed by atoms with van der Waals surface area (Å²) in [6.45, 7) is 6.53. The molecule has 1 fully saturated rings. The van der Waals surface area contributed by atoms with Gasteiger partial charge in [0.15, 0.2) is 0 Å². The number of para-hydroxylation sites is 1. The minimum absolute atomic E-state index is 0.272. The van der Waals surface area contributed by atoms with Crippen LogP contribution < -0.4 is 11.1 Å². The third-order valence-corrected chi connectivity index (χ3v) is 3.42. The molecule has 1 aliphatic carbocycles. The van der Waals surface area contributed by atoms with Crippen molar-refractivity contribution in [1.82, 2.24) is 0 Å². The first kappa shape index (κ1) is 12.7. The number of nitrogens with one attached hydrogen (secondary N) is 1. The Morgan fingerprint density at radius 2 is 2.22 bits per heavy atom. The smallest absolute Gasteiger partial charge is 0.340 e. The lowest BCUT2D eigenvalue weighted by atomic mass is 10.1. The zero-order chi connectivity index (χ0) is 13.3. The second-order valence-electron chi connectivity index (χ2n) is 5.38. The highest BCUT2D eigenvalue weighted by Gasteiger charge is 2.46. The largest absolute Gasteiger partial charge is 0.462 e. The van der Waals surface area contributed by atoms with Crippen molar-refractivity contribution in [2.45, 2.75) is 33.2 Å². The van der Waals surface area contributed by atoms with Crippen LogP contribution >= 0.6 is 0 Å². The van der Waals surface area contributed by atoms with Gasteiger partial charge >= 0.3 is 5.97 Å². The molecule has 18 heavy (non-hydrogen) atoms. The van der Waals surface area contributed by atoms with Crippen LogP contribution in [0.5, 0.6) is 0 Å². The van der Waals surface area contributed by atoms with Crippen LogP contribution in [-0.2, 0) is 4.74 Å². The van der Waals surface area contributed by atoms with Crippen molar-refractivity contribution in [3.8, 4) is 0 Å². The van der Waals surface area contributed by atoms with E-state index in [1.165, 1.54) is 0 Å². The number of esters is 1. The Balaban J connectivity index is 2.24. The average molecular weight is 248 g/mol. The van der Waals surface area contributed by atoms with Gasteiger partial charge in [-0.15, -0.1) is 0 Å². The van der Waals surface area contributed by atoms with E-state index < -0.39 is 0 Å². The third-order valence-electron chi connectivity index (χ3n) is 3.42. The summed E-state index contributed by atoms with van der Waals surface area (Å²) in [6, 6.07) is 5.67. The van der Waals surface area contributed by atoms with E-state index in [9.17, 15) is 4.79 Å². The van der Waals surface area contributed by atoms with Crippen molar-refractivity contribution in [2.75, 3.05) is 17.7 Å². The van der Waals surface area contributed by atoms with Gasteiger partial charge in [0.25, 0.3) is 0 Å². The van der Waals surface area contributed by atoms with E-state index in [2.05, 4.69) is 19.2 Å². The van der Waals surface area contributed by atoms with Gasteiger partial charge in [-0.1, -0.05) is 19.9 Å². The molecule has 4 heteroatoms. The van der Waals surface area contributed by atoms with E-state index in [-0.39, 0.29) is 11.4 Å². The van der Waals surface area contributed by atoms with Crippen molar-refractivity contribution in [1.29, 1.82) is 0 Å². The highest BCUT2D eigenvalue weighted by molar-refractivity contribution is 5.99. The molecule has 0 aliphatic heterocycles. The molecule has 0 aromatic heterocycles. The molecular weight excluding hydrogens is 228 g/mol. The van der Waals surface area contributed by atoms with E-state index in [1.807, 2.05) is 0 Å². The normalized spacial score (nSPS) is 20.3. The molecular formula is C14H20N2O2. The predicted molar refractivity (Wildman–Crippen MR) is 72.6 cm³/mol. The van der Waals surface area contributed by atoms with Crippen LogP contribution in [0.25, 0.3) is 0 Å².